The summed E-state index contributed by atoms with van der Waals surface area (Å²) in [5, 5.41) is 9.02. The molecule has 0 aromatic carbocycles. The summed E-state index contributed by atoms with van der Waals surface area (Å²) in [6, 6.07) is -0.689. The van der Waals surface area contributed by atoms with E-state index >= 15 is 0 Å². The van der Waals surface area contributed by atoms with Crippen LogP contribution in [0, 0.1) is 0 Å². The summed E-state index contributed by atoms with van der Waals surface area (Å²) in [5.74, 6) is -0.563. The molecule has 1 aliphatic carbocycles. The predicted molar refractivity (Wildman–Crippen MR) is 65.6 cm³/mol. The SMILES string of the molecule is CC1SCC(C(=O)O)N1C(=O)CC1(N)CCC1. The highest BCUT2D eigenvalue weighted by Crippen LogP contribution is 2.35. The first-order valence-corrected chi connectivity index (χ1v) is 6.92. The Kier molecular flexibility index (Phi) is 3.36. The van der Waals surface area contributed by atoms with Crippen LogP contribution in [-0.4, -0.2) is 44.6 Å². The fourth-order valence-electron chi connectivity index (χ4n) is 2.41. The topological polar surface area (TPSA) is 83.6 Å². The fraction of sp³-hybridized carbons (Fsp3) is 0.818. The van der Waals surface area contributed by atoms with Crippen molar-refractivity contribution < 1.29 is 14.7 Å². The molecule has 2 fully saturated rings. The maximum absolute atomic E-state index is 12.1. The van der Waals surface area contributed by atoms with E-state index in [-0.39, 0.29) is 23.2 Å². The molecule has 2 rings (SSSR count). The van der Waals surface area contributed by atoms with Crippen molar-refractivity contribution >= 4 is 23.6 Å². The molecule has 1 saturated heterocycles. The summed E-state index contributed by atoms with van der Waals surface area (Å²) in [6.07, 6.45) is 3.08. The molecule has 2 aliphatic rings. The Morgan fingerprint density at radius 3 is 2.65 bits per heavy atom. The number of carbonyl (C=O) groups excluding carboxylic acids is 1. The molecular formula is C11H18N2O3S. The van der Waals surface area contributed by atoms with E-state index in [0.717, 1.165) is 19.3 Å². The Morgan fingerprint density at radius 2 is 2.18 bits per heavy atom. The van der Waals surface area contributed by atoms with Crippen molar-refractivity contribution in [2.45, 2.75) is 49.6 Å². The van der Waals surface area contributed by atoms with E-state index in [1.54, 1.807) is 0 Å². The minimum atomic E-state index is -0.921. The van der Waals surface area contributed by atoms with Crippen molar-refractivity contribution in [3.63, 3.8) is 0 Å². The molecule has 0 radical (unpaired) electrons. The first kappa shape index (κ1) is 12.7. The van der Waals surface area contributed by atoms with Gasteiger partial charge in [0.05, 0.1) is 5.37 Å². The van der Waals surface area contributed by atoms with E-state index in [1.165, 1.54) is 16.7 Å². The number of carboxylic acid groups (broad SMARTS) is 1. The van der Waals surface area contributed by atoms with Gasteiger partial charge in [0.2, 0.25) is 5.91 Å². The zero-order valence-corrected chi connectivity index (χ0v) is 10.7. The number of carboxylic acids is 1. The smallest absolute Gasteiger partial charge is 0.327 e. The molecule has 17 heavy (non-hydrogen) atoms. The zero-order chi connectivity index (χ0) is 12.6. The summed E-state index contributed by atoms with van der Waals surface area (Å²) in [7, 11) is 0. The minimum absolute atomic E-state index is 0.0627. The monoisotopic (exact) mass is 258 g/mol. The van der Waals surface area contributed by atoms with E-state index < -0.39 is 12.0 Å². The van der Waals surface area contributed by atoms with E-state index in [4.69, 9.17) is 10.8 Å². The van der Waals surface area contributed by atoms with Gasteiger partial charge in [0.15, 0.2) is 0 Å². The van der Waals surface area contributed by atoms with Gasteiger partial charge in [-0.2, -0.15) is 0 Å². The molecule has 3 N–H and O–H groups in total. The summed E-state index contributed by atoms with van der Waals surface area (Å²) in [4.78, 5) is 24.7. The van der Waals surface area contributed by atoms with Crippen LogP contribution < -0.4 is 5.73 Å². The number of amides is 1. The van der Waals surface area contributed by atoms with Crippen LogP contribution in [0.1, 0.15) is 32.6 Å². The molecule has 2 unspecified atom stereocenters. The second-order valence-corrected chi connectivity index (χ2v) is 6.33. The van der Waals surface area contributed by atoms with E-state index in [2.05, 4.69) is 0 Å². The largest absolute Gasteiger partial charge is 0.480 e. The van der Waals surface area contributed by atoms with E-state index in [0.29, 0.717) is 5.75 Å². The van der Waals surface area contributed by atoms with Crippen LogP contribution in [-0.2, 0) is 9.59 Å². The third-order valence-electron chi connectivity index (χ3n) is 3.65. The molecule has 1 aliphatic heterocycles. The molecule has 0 spiro atoms. The van der Waals surface area contributed by atoms with Gasteiger partial charge < -0.3 is 15.7 Å². The number of hydrogen-bond donors (Lipinski definition) is 2. The van der Waals surface area contributed by atoms with Gasteiger partial charge in [-0.15, -0.1) is 11.8 Å². The number of aliphatic carboxylic acids is 1. The average Bonchev–Trinajstić information content (AvgIpc) is 2.57. The molecule has 6 heteroatoms. The molecule has 0 bridgehead atoms. The first-order chi connectivity index (χ1) is 7.93. The fourth-order valence-corrected chi connectivity index (χ4v) is 3.60. The quantitative estimate of drug-likeness (QED) is 0.776. The molecule has 1 amide bonds. The number of nitrogens with two attached hydrogens (primary N) is 1. The number of carbonyl (C=O) groups is 2. The van der Waals surface area contributed by atoms with Crippen LogP contribution in [0.2, 0.25) is 0 Å². The second-order valence-electron chi connectivity index (χ2n) is 4.98. The Morgan fingerprint density at radius 1 is 1.53 bits per heavy atom. The first-order valence-electron chi connectivity index (χ1n) is 5.87. The lowest BCUT2D eigenvalue weighted by molar-refractivity contribution is -0.149. The molecular weight excluding hydrogens is 240 g/mol. The number of rotatable bonds is 3. The Balaban J connectivity index is 2.03. The average molecular weight is 258 g/mol. The van der Waals surface area contributed by atoms with Gasteiger partial charge in [0, 0.05) is 17.7 Å². The van der Waals surface area contributed by atoms with Crippen molar-refractivity contribution in [2.24, 2.45) is 5.73 Å². The number of hydrogen-bond acceptors (Lipinski definition) is 4. The lowest BCUT2D eigenvalue weighted by atomic mass is 9.75. The summed E-state index contributed by atoms with van der Waals surface area (Å²) < 4.78 is 0. The third kappa shape index (κ3) is 2.42. The lowest BCUT2D eigenvalue weighted by Crippen LogP contribution is -2.53. The maximum atomic E-state index is 12.1. The van der Waals surface area contributed by atoms with Crippen molar-refractivity contribution in [1.82, 2.24) is 4.90 Å². The molecule has 2 atom stereocenters. The van der Waals surface area contributed by atoms with Gasteiger partial charge in [0.1, 0.15) is 6.04 Å². The van der Waals surface area contributed by atoms with Crippen molar-refractivity contribution in [1.29, 1.82) is 0 Å². The lowest BCUT2D eigenvalue weighted by Gasteiger charge is -2.39. The zero-order valence-electron chi connectivity index (χ0n) is 9.89. The Bertz CT molecular complexity index is 344. The Hall–Kier alpha value is -0.750. The number of nitrogens with zero attached hydrogens (tertiary/aromatic N) is 1. The molecule has 0 aromatic rings. The van der Waals surface area contributed by atoms with E-state index in [1.807, 2.05) is 6.92 Å². The predicted octanol–water partition coefficient (Wildman–Crippen LogP) is 0.632. The molecule has 5 nitrogen and oxygen atoms in total. The number of thioether (sulfide) groups is 1. The van der Waals surface area contributed by atoms with Gasteiger partial charge in [-0.25, -0.2) is 4.79 Å². The van der Waals surface area contributed by atoms with Gasteiger partial charge in [-0.1, -0.05) is 0 Å². The highest BCUT2D eigenvalue weighted by atomic mass is 32.2. The molecule has 0 aromatic heterocycles. The van der Waals surface area contributed by atoms with Gasteiger partial charge >= 0.3 is 5.97 Å². The third-order valence-corrected chi connectivity index (χ3v) is 4.87. The van der Waals surface area contributed by atoms with Gasteiger partial charge in [-0.05, 0) is 26.2 Å². The summed E-state index contributed by atoms with van der Waals surface area (Å²) >= 11 is 1.51. The van der Waals surface area contributed by atoms with E-state index in [9.17, 15) is 9.59 Å². The summed E-state index contributed by atoms with van der Waals surface area (Å²) in [6.45, 7) is 1.87. The summed E-state index contributed by atoms with van der Waals surface area (Å²) in [5.41, 5.74) is 5.65. The van der Waals surface area contributed by atoms with Crippen molar-refractivity contribution in [2.75, 3.05) is 5.75 Å². The van der Waals surface area contributed by atoms with Gasteiger partial charge in [-0.3, -0.25) is 4.79 Å². The molecule has 1 heterocycles. The highest BCUT2D eigenvalue weighted by molar-refractivity contribution is 8.00. The van der Waals surface area contributed by atoms with Crippen LogP contribution >= 0.6 is 11.8 Å². The minimum Gasteiger partial charge on any atom is -0.480 e. The molecule has 1 saturated carbocycles. The molecule has 96 valence electrons. The van der Waals surface area contributed by atoms with Crippen LogP contribution in [0.15, 0.2) is 0 Å². The van der Waals surface area contributed by atoms with Crippen LogP contribution in [0.4, 0.5) is 0 Å². The standard InChI is InChI=1S/C11H18N2O3S/c1-7-13(8(6-17-7)10(15)16)9(14)5-11(12)3-2-4-11/h7-8H,2-6,12H2,1H3,(H,15,16). The Labute approximate surface area is 105 Å². The van der Waals surface area contributed by atoms with Crippen LogP contribution in [0.5, 0.6) is 0 Å². The normalized spacial score (nSPS) is 31.1. The second kappa shape index (κ2) is 4.49. The van der Waals surface area contributed by atoms with Crippen LogP contribution in [0.3, 0.4) is 0 Å². The highest BCUT2D eigenvalue weighted by Gasteiger charge is 2.43. The van der Waals surface area contributed by atoms with Crippen LogP contribution in [0.25, 0.3) is 0 Å². The van der Waals surface area contributed by atoms with Crippen molar-refractivity contribution in [3.05, 3.63) is 0 Å². The van der Waals surface area contributed by atoms with Crippen molar-refractivity contribution in [3.8, 4) is 0 Å². The van der Waals surface area contributed by atoms with Gasteiger partial charge in [0.25, 0.3) is 0 Å². The maximum Gasteiger partial charge on any atom is 0.327 e.